The Morgan fingerprint density at radius 3 is 2.40 bits per heavy atom. The molecule has 0 aliphatic carbocycles. The molecule has 1 heterocycles. The summed E-state index contributed by atoms with van der Waals surface area (Å²) in [4.78, 5) is 13.7. The van der Waals surface area contributed by atoms with E-state index < -0.39 is 5.66 Å². The van der Waals surface area contributed by atoms with Crippen molar-refractivity contribution in [1.82, 2.24) is 5.06 Å². The van der Waals surface area contributed by atoms with Crippen molar-refractivity contribution in [2.45, 2.75) is 26.1 Å². The molecule has 0 aromatic heterocycles. The summed E-state index contributed by atoms with van der Waals surface area (Å²) >= 11 is 5.82. The van der Waals surface area contributed by atoms with Crippen molar-refractivity contribution < 1.29 is 4.84 Å². The number of hydrogen-bond donors (Lipinski definition) is 2. The van der Waals surface area contributed by atoms with Crippen LogP contribution in [0.5, 0.6) is 0 Å². The minimum absolute atomic E-state index is 0. The van der Waals surface area contributed by atoms with Gasteiger partial charge >= 0.3 is 0 Å². The fourth-order valence-corrected chi connectivity index (χ4v) is 1.86. The summed E-state index contributed by atoms with van der Waals surface area (Å²) in [5.74, 6) is 0.334. The average molecular weight is 318 g/mol. The van der Waals surface area contributed by atoms with Gasteiger partial charge in [0.2, 0.25) is 11.9 Å². The molecule has 110 valence electrons. The lowest BCUT2D eigenvalue weighted by atomic mass is 10.2. The Balaban J connectivity index is 0.00000200. The molecule has 1 aliphatic rings. The lowest BCUT2D eigenvalue weighted by Gasteiger charge is -2.36. The average Bonchev–Trinajstić information content (AvgIpc) is 2.29. The highest BCUT2D eigenvalue weighted by Crippen LogP contribution is 2.21. The van der Waals surface area contributed by atoms with Gasteiger partial charge in [0.15, 0.2) is 5.66 Å². The molecular weight excluding hydrogens is 301 g/mol. The number of rotatable bonds is 3. The Hall–Kier alpha value is -1.50. The first-order valence-electron chi connectivity index (χ1n) is 5.75. The summed E-state index contributed by atoms with van der Waals surface area (Å²) in [6, 6.07) is 7.36. The fourth-order valence-electron chi connectivity index (χ4n) is 1.74. The van der Waals surface area contributed by atoms with Crippen LogP contribution in [-0.2, 0) is 11.4 Å². The summed E-state index contributed by atoms with van der Waals surface area (Å²) < 4.78 is 0. The number of aliphatic imine (C=N–C) groups is 2. The number of hydroxylamine groups is 2. The highest BCUT2D eigenvalue weighted by molar-refractivity contribution is 6.30. The highest BCUT2D eigenvalue weighted by atomic mass is 35.5. The van der Waals surface area contributed by atoms with Crippen LogP contribution in [-0.4, -0.2) is 22.6 Å². The normalized spacial score (nSPS) is 17.1. The zero-order valence-corrected chi connectivity index (χ0v) is 12.8. The Bertz CT molecular complexity index is 527. The van der Waals surface area contributed by atoms with Crippen molar-refractivity contribution in [3.63, 3.8) is 0 Å². The van der Waals surface area contributed by atoms with Crippen molar-refractivity contribution >= 4 is 35.9 Å². The maximum Gasteiger partial charge on any atom is 0.226 e. The van der Waals surface area contributed by atoms with E-state index in [1.807, 2.05) is 26.0 Å². The maximum atomic E-state index is 5.82. The zero-order valence-electron chi connectivity index (χ0n) is 11.2. The van der Waals surface area contributed by atoms with E-state index in [1.54, 1.807) is 12.1 Å². The molecule has 0 amide bonds. The van der Waals surface area contributed by atoms with E-state index in [1.165, 1.54) is 5.06 Å². The summed E-state index contributed by atoms with van der Waals surface area (Å²) in [6.07, 6.45) is 0. The topological polar surface area (TPSA) is 89.2 Å². The molecule has 2 rings (SSSR count). The molecule has 0 saturated heterocycles. The van der Waals surface area contributed by atoms with Crippen molar-refractivity contribution in [2.24, 2.45) is 21.5 Å². The lowest BCUT2D eigenvalue weighted by molar-refractivity contribution is -0.166. The third kappa shape index (κ3) is 3.75. The molecule has 1 aromatic carbocycles. The maximum absolute atomic E-state index is 5.82. The van der Waals surface area contributed by atoms with E-state index in [2.05, 4.69) is 9.98 Å². The molecule has 4 N–H and O–H groups in total. The Morgan fingerprint density at radius 1 is 1.25 bits per heavy atom. The third-order valence-electron chi connectivity index (χ3n) is 2.60. The van der Waals surface area contributed by atoms with Gasteiger partial charge < -0.3 is 11.5 Å². The van der Waals surface area contributed by atoms with Gasteiger partial charge in [-0.15, -0.1) is 12.4 Å². The van der Waals surface area contributed by atoms with E-state index in [0.29, 0.717) is 11.6 Å². The van der Waals surface area contributed by atoms with Crippen molar-refractivity contribution in [3.05, 3.63) is 34.9 Å². The number of nitrogens with two attached hydrogens (primary N) is 2. The van der Waals surface area contributed by atoms with Crippen LogP contribution in [0.25, 0.3) is 0 Å². The van der Waals surface area contributed by atoms with Gasteiger partial charge in [-0.3, -0.25) is 4.84 Å². The molecule has 1 aromatic rings. The first-order chi connectivity index (χ1) is 8.88. The molecule has 0 spiro atoms. The molecular formula is C12H17Cl2N5O. The van der Waals surface area contributed by atoms with Gasteiger partial charge in [-0.05, 0) is 31.5 Å². The molecule has 0 atom stereocenters. The minimum Gasteiger partial charge on any atom is -0.368 e. The SMILES string of the molecule is CC1(C)N=C(N)N=C(N)N1OCc1ccc(Cl)cc1.Cl. The first kappa shape index (κ1) is 16.6. The van der Waals surface area contributed by atoms with Crippen LogP contribution in [0.3, 0.4) is 0 Å². The van der Waals surface area contributed by atoms with E-state index in [4.69, 9.17) is 27.9 Å². The molecule has 0 radical (unpaired) electrons. The molecule has 20 heavy (non-hydrogen) atoms. The van der Waals surface area contributed by atoms with Gasteiger partial charge in [0.1, 0.15) is 6.61 Å². The van der Waals surface area contributed by atoms with Gasteiger partial charge in [-0.2, -0.15) is 10.1 Å². The quantitative estimate of drug-likeness (QED) is 0.890. The van der Waals surface area contributed by atoms with Crippen LogP contribution < -0.4 is 11.5 Å². The molecule has 6 nitrogen and oxygen atoms in total. The van der Waals surface area contributed by atoms with E-state index >= 15 is 0 Å². The number of guanidine groups is 2. The van der Waals surface area contributed by atoms with Crippen LogP contribution in [0.15, 0.2) is 34.3 Å². The van der Waals surface area contributed by atoms with E-state index in [-0.39, 0.29) is 24.3 Å². The predicted octanol–water partition coefficient (Wildman–Crippen LogP) is 1.87. The van der Waals surface area contributed by atoms with Crippen LogP contribution in [0.1, 0.15) is 19.4 Å². The predicted molar refractivity (Wildman–Crippen MR) is 82.7 cm³/mol. The van der Waals surface area contributed by atoms with Gasteiger partial charge in [-0.1, -0.05) is 23.7 Å². The van der Waals surface area contributed by atoms with Crippen LogP contribution >= 0.6 is 24.0 Å². The lowest BCUT2D eigenvalue weighted by Crippen LogP contribution is -2.53. The van der Waals surface area contributed by atoms with Crippen LogP contribution in [0.2, 0.25) is 5.02 Å². The number of halogens is 2. The van der Waals surface area contributed by atoms with Gasteiger partial charge in [0.25, 0.3) is 0 Å². The number of nitrogens with zero attached hydrogens (tertiary/aromatic N) is 3. The summed E-state index contributed by atoms with van der Waals surface area (Å²) in [7, 11) is 0. The summed E-state index contributed by atoms with van der Waals surface area (Å²) in [5, 5.41) is 2.12. The molecule has 0 unspecified atom stereocenters. The van der Waals surface area contributed by atoms with Crippen molar-refractivity contribution in [1.29, 1.82) is 0 Å². The highest BCUT2D eigenvalue weighted by Gasteiger charge is 2.33. The van der Waals surface area contributed by atoms with Gasteiger partial charge in [0, 0.05) is 5.02 Å². The molecule has 0 fully saturated rings. The molecule has 0 bridgehead atoms. The second-order valence-corrected chi connectivity index (χ2v) is 5.07. The summed E-state index contributed by atoms with van der Waals surface area (Å²) in [5.41, 5.74) is 11.7. The van der Waals surface area contributed by atoms with Crippen LogP contribution in [0.4, 0.5) is 0 Å². The smallest absolute Gasteiger partial charge is 0.226 e. The van der Waals surface area contributed by atoms with E-state index in [9.17, 15) is 0 Å². The molecule has 0 saturated carbocycles. The van der Waals surface area contributed by atoms with Gasteiger partial charge in [-0.25, -0.2) is 4.99 Å². The fraction of sp³-hybridized carbons (Fsp3) is 0.333. The van der Waals surface area contributed by atoms with Crippen LogP contribution in [0, 0.1) is 0 Å². The Kier molecular flexibility index (Phi) is 5.21. The van der Waals surface area contributed by atoms with Crippen molar-refractivity contribution in [3.8, 4) is 0 Å². The monoisotopic (exact) mass is 317 g/mol. The summed E-state index contributed by atoms with van der Waals surface area (Å²) in [6.45, 7) is 4.01. The molecule has 1 aliphatic heterocycles. The van der Waals surface area contributed by atoms with E-state index in [0.717, 1.165) is 5.56 Å². The standard InChI is InChI=1S/C12H16ClN5O.ClH/c1-12(2)17-10(14)16-11(15)18(12)19-7-8-3-5-9(13)6-4-8;/h3-6H,7H2,1-2H3,(H4,14,15,16,17);1H. The minimum atomic E-state index is -0.692. The van der Waals surface area contributed by atoms with Crippen molar-refractivity contribution in [2.75, 3.05) is 0 Å². The largest absolute Gasteiger partial charge is 0.368 e. The first-order valence-corrected chi connectivity index (χ1v) is 6.13. The molecule has 8 heteroatoms. The second kappa shape index (κ2) is 6.30. The number of hydrogen-bond acceptors (Lipinski definition) is 6. The Morgan fingerprint density at radius 2 is 1.85 bits per heavy atom. The zero-order chi connectivity index (χ0) is 14.0. The third-order valence-corrected chi connectivity index (χ3v) is 2.85. The van der Waals surface area contributed by atoms with Gasteiger partial charge in [0.05, 0.1) is 0 Å². The Labute approximate surface area is 128 Å². The second-order valence-electron chi connectivity index (χ2n) is 4.63. The number of benzene rings is 1.